The Bertz CT molecular complexity index is 642. The van der Waals surface area contributed by atoms with Crippen molar-refractivity contribution < 1.29 is 36.6 Å². The van der Waals surface area contributed by atoms with Crippen molar-refractivity contribution in [3.63, 3.8) is 0 Å². The Labute approximate surface area is 118 Å². The summed E-state index contributed by atoms with van der Waals surface area (Å²) in [6.07, 6.45) is -7.81. The molecular weight excluding hydrogens is 315 g/mol. The minimum atomic E-state index is -4.96. The molecule has 10 heteroatoms. The molecule has 0 saturated carbocycles. The van der Waals surface area contributed by atoms with Gasteiger partial charge in [0, 0.05) is 6.54 Å². The summed E-state index contributed by atoms with van der Waals surface area (Å²) in [5, 5.41) is 17.6. The van der Waals surface area contributed by atoms with Crippen molar-refractivity contribution in [2.24, 2.45) is 0 Å². The maximum atomic E-state index is 12.1. The second-order valence-corrected chi connectivity index (χ2v) is 5.88. The predicted octanol–water partition coefficient (Wildman–Crippen LogP) is 0.895. The minimum absolute atomic E-state index is 0.112. The highest BCUT2D eigenvalue weighted by Crippen LogP contribution is 2.21. The first-order valence-electron chi connectivity index (χ1n) is 5.54. The molecule has 0 heterocycles. The SMILES string of the molecule is Cc1c(C(=O)O)cccc1S(=O)(=O)NCC(O)C(F)(F)F. The number of rotatable bonds is 5. The molecule has 1 aromatic carbocycles. The molecule has 118 valence electrons. The molecule has 0 bridgehead atoms. The van der Waals surface area contributed by atoms with Crippen LogP contribution < -0.4 is 4.72 Å². The van der Waals surface area contributed by atoms with Crippen LogP contribution in [0.4, 0.5) is 13.2 Å². The van der Waals surface area contributed by atoms with Gasteiger partial charge in [0.2, 0.25) is 10.0 Å². The van der Waals surface area contributed by atoms with Crippen LogP contribution in [0.3, 0.4) is 0 Å². The normalized spacial score (nSPS) is 14.0. The van der Waals surface area contributed by atoms with Gasteiger partial charge < -0.3 is 10.2 Å². The minimum Gasteiger partial charge on any atom is -0.478 e. The van der Waals surface area contributed by atoms with Crippen molar-refractivity contribution >= 4 is 16.0 Å². The molecule has 0 radical (unpaired) electrons. The lowest BCUT2D eigenvalue weighted by molar-refractivity contribution is -0.200. The van der Waals surface area contributed by atoms with Gasteiger partial charge in [-0.15, -0.1) is 0 Å². The summed E-state index contributed by atoms with van der Waals surface area (Å²) >= 11 is 0. The van der Waals surface area contributed by atoms with Crippen molar-refractivity contribution in [1.82, 2.24) is 4.72 Å². The number of carboxylic acid groups (broad SMARTS) is 1. The number of nitrogens with one attached hydrogen (secondary N) is 1. The molecule has 21 heavy (non-hydrogen) atoms. The molecule has 0 aliphatic carbocycles. The Hall–Kier alpha value is -1.65. The number of carboxylic acids is 1. The van der Waals surface area contributed by atoms with E-state index in [0.717, 1.165) is 12.1 Å². The number of carbonyl (C=O) groups is 1. The maximum Gasteiger partial charge on any atom is 0.415 e. The monoisotopic (exact) mass is 327 g/mol. The number of alkyl halides is 3. The first-order valence-corrected chi connectivity index (χ1v) is 7.02. The number of aliphatic hydroxyl groups is 1. The number of hydrogen-bond acceptors (Lipinski definition) is 4. The van der Waals surface area contributed by atoms with Gasteiger partial charge in [0.15, 0.2) is 6.10 Å². The smallest absolute Gasteiger partial charge is 0.415 e. The van der Waals surface area contributed by atoms with E-state index in [9.17, 15) is 26.4 Å². The highest BCUT2D eigenvalue weighted by Gasteiger charge is 2.38. The Morgan fingerprint density at radius 1 is 1.38 bits per heavy atom. The van der Waals surface area contributed by atoms with Gasteiger partial charge in [0.05, 0.1) is 10.5 Å². The zero-order valence-corrected chi connectivity index (χ0v) is 11.5. The van der Waals surface area contributed by atoms with Gasteiger partial charge in [-0.3, -0.25) is 0 Å². The molecule has 1 rings (SSSR count). The number of aromatic carboxylic acids is 1. The topological polar surface area (TPSA) is 104 Å². The molecule has 0 amide bonds. The molecule has 1 unspecified atom stereocenters. The van der Waals surface area contributed by atoms with Crippen LogP contribution in [0.5, 0.6) is 0 Å². The van der Waals surface area contributed by atoms with E-state index < -0.39 is 39.7 Å². The van der Waals surface area contributed by atoms with E-state index in [1.165, 1.54) is 13.0 Å². The van der Waals surface area contributed by atoms with Crippen LogP contribution in [-0.4, -0.2) is 43.4 Å². The van der Waals surface area contributed by atoms with Gasteiger partial charge >= 0.3 is 12.1 Å². The maximum absolute atomic E-state index is 12.1. The molecule has 3 N–H and O–H groups in total. The molecule has 0 saturated heterocycles. The van der Waals surface area contributed by atoms with Crippen molar-refractivity contribution in [3.8, 4) is 0 Å². The molecule has 0 spiro atoms. The first kappa shape index (κ1) is 17.4. The molecule has 0 aromatic heterocycles. The summed E-state index contributed by atoms with van der Waals surface area (Å²) in [4.78, 5) is 10.4. The van der Waals surface area contributed by atoms with Crippen LogP contribution in [-0.2, 0) is 10.0 Å². The molecular formula is C11H12F3NO5S. The van der Waals surface area contributed by atoms with E-state index in [1.54, 1.807) is 4.72 Å². The van der Waals surface area contributed by atoms with Crippen LogP contribution in [0.1, 0.15) is 15.9 Å². The molecule has 6 nitrogen and oxygen atoms in total. The van der Waals surface area contributed by atoms with Gasteiger partial charge in [-0.05, 0) is 24.6 Å². The predicted molar refractivity (Wildman–Crippen MR) is 65.4 cm³/mol. The highest BCUT2D eigenvalue weighted by atomic mass is 32.2. The third kappa shape index (κ3) is 4.16. The summed E-state index contributed by atoms with van der Waals surface area (Å²) in [6, 6.07) is 3.39. The summed E-state index contributed by atoms with van der Waals surface area (Å²) in [5.41, 5.74) is -0.395. The van der Waals surface area contributed by atoms with Gasteiger partial charge in [0.1, 0.15) is 0 Å². The lowest BCUT2D eigenvalue weighted by Gasteiger charge is -2.16. The van der Waals surface area contributed by atoms with Crippen molar-refractivity contribution in [1.29, 1.82) is 0 Å². The van der Waals surface area contributed by atoms with Gasteiger partial charge in [-0.25, -0.2) is 17.9 Å². The number of sulfonamides is 1. The first-order chi connectivity index (χ1) is 9.47. The summed E-state index contributed by atoms with van der Waals surface area (Å²) in [6.45, 7) is -0.0409. The summed E-state index contributed by atoms with van der Waals surface area (Å²) in [5.74, 6) is -1.36. The van der Waals surface area contributed by atoms with E-state index in [1.807, 2.05) is 0 Å². The van der Waals surface area contributed by atoms with Crippen molar-refractivity contribution in [2.45, 2.75) is 24.1 Å². The quantitative estimate of drug-likeness (QED) is 0.745. The Kier molecular flexibility index (Phi) is 4.97. The molecule has 0 aliphatic heterocycles. The van der Waals surface area contributed by atoms with E-state index in [4.69, 9.17) is 10.2 Å². The highest BCUT2D eigenvalue weighted by molar-refractivity contribution is 7.89. The fourth-order valence-electron chi connectivity index (χ4n) is 1.52. The second kappa shape index (κ2) is 6.00. The molecule has 1 aromatic rings. The van der Waals surface area contributed by atoms with Gasteiger partial charge in [-0.2, -0.15) is 13.2 Å². The summed E-state index contributed by atoms with van der Waals surface area (Å²) in [7, 11) is -4.38. The zero-order chi connectivity index (χ0) is 16.4. The Balaban J connectivity index is 3.05. The standard InChI is InChI=1S/C11H12F3NO5S/c1-6-7(10(17)18)3-2-4-8(6)21(19,20)15-5-9(16)11(12,13)14/h2-4,9,15-16H,5H2,1H3,(H,17,18). The number of benzene rings is 1. The van der Waals surface area contributed by atoms with Crippen LogP contribution >= 0.6 is 0 Å². The molecule has 0 fully saturated rings. The largest absolute Gasteiger partial charge is 0.478 e. The number of aliphatic hydroxyl groups excluding tert-OH is 1. The van der Waals surface area contributed by atoms with E-state index in [-0.39, 0.29) is 11.1 Å². The zero-order valence-electron chi connectivity index (χ0n) is 10.7. The van der Waals surface area contributed by atoms with Gasteiger partial charge in [0.25, 0.3) is 0 Å². The Morgan fingerprint density at radius 3 is 2.43 bits per heavy atom. The number of hydrogen-bond donors (Lipinski definition) is 3. The lowest BCUT2D eigenvalue weighted by Crippen LogP contribution is -2.40. The van der Waals surface area contributed by atoms with Crippen molar-refractivity contribution in [2.75, 3.05) is 6.54 Å². The van der Waals surface area contributed by atoms with E-state index in [0.29, 0.717) is 0 Å². The second-order valence-electron chi connectivity index (χ2n) is 4.14. The lowest BCUT2D eigenvalue weighted by atomic mass is 10.1. The van der Waals surface area contributed by atoms with Gasteiger partial charge in [-0.1, -0.05) is 6.07 Å². The molecule has 1 atom stereocenters. The van der Waals surface area contributed by atoms with E-state index in [2.05, 4.69) is 0 Å². The summed E-state index contributed by atoms with van der Waals surface area (Å²) < 4.78 is 61.7. The van der Waals surface area contributed by atoms with Crippen molar-refractivity contribution in [3.05, 3.63) is 29.3 Å². The van der Waals surface area contributed by atoms with Crippen LogP contribution in [0.2, 0.25) is 0 Å². The Morgan fingerprint density at radius 2 is 1.95 bits per heavy atom. The fourth-order valence-corrected chi connectivity index (χ4v) is 2.82. The average Bonchev–Trinajstić information content (AvgIpc) is 2.34. The van der Waals surface area contributed by atoms with E-state index >= 15 is 0 Å². The molecule has 0 aliphatic rings. The third-order valence-electron chi connectivity index (χ3n) is 2.65. The third-order valence-corrected chi connectivity index (χ3v) is 4.22. The van der Waals surface area contributed by atoms with Crippen LogP contribution in [0, 0.1) is 6.92 Å². The van der Waals surface area contributed by atoms with Crippen LogP contribution in [0.15, 0.2) is 23.1 Å². The average molecular weight is 327 g/mol. The fraction of sp³-hybridized carbons (Fsp3) is 0.364. The number of halogens is 3. The van der Waals surface area contributed by atoms with Crippen LogP contribution in [0.25, 0.3) is 0 Å².